The lowest BCUT2D eigenvalue weighted by atomic mass is 9.85. The summed E-state index contributed by atoms with van der Waals surface area (Å²) in [5.74, 6) is 2.12. The maximum atomic E-state index is 12.9. The molecule has 3 atom stereocenters. The number of methoxy groups -OCH3 is 2. The summed E-state index contributed by atoms with van der Waals surface area (Å²) in [6.45, 7) is 0. The van der Waals surface area contributed by atoms with Gasteiger partial charge in [-0.15, -0.1) is 0 Å². The number of hydrogen-bond acceptors (Lipinski definition) is 4. The van der Waals surface area contributed by atoms with Crippen molar-refractivity contribution in [2.24, 2.45) is 7.05 Å². The van der Waals surface area contributed by atoms with Gasteiger partial charge in [-0.3, -0.25) is 4.79 Å². The molecule has 6 nitrogen and oxygen atoms in total. The number of benzene rings is 1. The van der Waals surface area contributed by atoms with Crippen molar-refractivity contribution in [2.45, 2.75) is 50.2 Å². The van der Waals surface area contributed by atoms with E-state index in [4.69, 9.17) is 14.5 Å². The fourth-order valence-electron chi connectivity index (χ4n) is 4.54. The van der Waals surface area contributed by atoms with Crippen molar-refractivity contribution in [3.63, 3.8) is 0 Å². The summed E-state index contributed by atoms with van der Waals surface area (Å²) in [6.07, 6.45) is 8.26. The molecule has 1 heterocycles. The van der Waals surface area contributed by atoms with Crippen molar-refractivity contribution in [1.29, 1.82) is 0 Å². The molecule has 1 saturated carbocycles. The fraction of sp³-hybridized carbons (Fsp3) is 0.478. The van der Waals surface area contributed by atoms with Crippen LogP contribution >= 0.6 is 0 Å². The van der Waals surface area contributed by atoms with Crippen molar-refractivity contribution in [3.05, 3.63) is 53.6 Å². The summed E-state index contributed by atoms with van der Waals surface area (Å²) in [7, 11) is 5.35. The molecular formula is C23H29N3O3. The van der Waals surface area contributed by atoms with E-state index in [-0.39, 0.29) is 18.1 Å². The molecule has 0 saturated heterocycles. The van der Waals surface area contributed by atoms with Gasteiger partial charge in [-0.25, -0.2) is 4.98 Å². The Morgan fingerprint density at radius 1 is 1.24 bits per heavy atom. The van der Waals surface area contributed by atoms with E-state index in [1.54, 1.807) is 14.2 Å². The summed E-state index contributed by atoms with van der Waals surface area (Å²) in [4.78, 5) is 17.8. The van der Waals surface area contributed by atoms with Gasteiger partial charge in [-0.2, -0.15) is 0 Å². The van der Waals surface area contributed by atoms with Gasteiger partial charge in [0.2, 0.25) is 5.91 Å². The Morgan fingerprint density at radius 3 is 2.83 bits per heavy atom. The van der Waals surface area contributed by atoms with Crippen LogP contribution in [0.15, 0.2) is 47.7 Å². The normalized spacial score (nSPS) is 24.7. The Kier molecular flexibility index (Phi) is 5.72. The summed E-state index contributed by atoms with van der Waals surface area (Å²) < 4.78 is 12.9. The average molecular weight is 396 g/mol. The summed E-state index contributed by atoms with van der Waals surface area (Å²) in [5.41, 5.74) is 2.90. The lowest BCUT2D eigenvalue weighted by Crippen LogP contribution is -2.39. The molecule has 0 bridgehead atoms. The number of aromatic nitrogens is 2. The van der Waals surface area contributed by atoms with Crippen LogP contribution < -0.4 is 5.32 Å². The van der Waals surface area contributed by atoms with E-state index in [0.717, 1.165) is 42.5 Å². The number of nitrogens with one attached hydrogen (secondary N) is 1. The molecule has 1 amide bonds. The van der Waals surface area contributed by atoms with Gasteiger partial charge >= 0.3 is 0 Å². The second-order valence-corrected chi connectivity index (χ2v) is 7.97. The molecule has 29 heavy (non-hydrogen) atoms. The molecule has 4 rings (SSSR count). The third-order valence-corrected chi connectivity index (χ3v) is 6.11. The summed E-state index contributed by atoms with van der Waals surface area (Å²) in [5, 5.41) is 3.25. The van der Waals surface area contributed by atoms with Crippen LogP contribution in [0.25, 0.3) is 11.0 Å². The van der Waals surface area contributed by atoms with E-state index in [9.17, 15) is 4.79 Å². The van der Waals surface area contributed by atoms with E-state index < -0.39 is 0 Å². The third-order valence-electron chi connectivity index (χ3n) is 6.11. The smallest absolute Gasteiger partial charge is 0.247 e. The van der Waals surface area contributed by atoms with E-state index in [2.05, 4.69) is 29.1 Å². The number of para-hydroxylation sites is 2. The van der Waals surface area contributed by atoms with Crippen LogP contribution in [0.3, 0.4) is 0 Å². The van der Waals surface area contributed by atoms with Crippen molar-refractivity contribution in [2.75, 3.05) is 14.2 Å². The van der Waals surface area contributed by atoms with Crippen LogP contribution in [-0.4, -0.2) is 41.8 Å². The van der Waals surface area contributed by atoms with Crippen LogP contribution in [0.1, 0.15) is 43.8 Å². The van der Waals surface area contributed by atoms with Crippen molar-refractivity contribution in [3.8, 4) is 0 Å². The van der Waals surface area contributed by atoms with E-state index >= 15 is 0 Å². The zero-order valence-corrected chi connectivity index (χ0v) is 17.4. The largest absolute Gasteiger partial charge is 0.497 e. The number of nitrogens with zero attached hydrogens (tertiary/aromatic N) is 2. The van der Waals surface area contributed by atoms with E-state index in [1.807, 2.05) is 24.3 Å². The van der Waals surface area contributed by atoms with Gasteiger partial charge in [-0.05, 0) is 43.5 Å². The van der Waals surface area contributed by atoms with Gasteiger partial charge in [0, 0.05) is 38.1 Å². The number of amides is 1. The highest BCUT2D eigenvalue weighted by Crippen LogP contribution is 2.34. The topological polar surface area (TPSA) is 65.4 Å². The first-order valence-electron chi connectivity index (χ1n) is 10.3. The molecule has 1 aromatic heterocycles. The quantitative estimate of drug-likeness (QED) is 0.840. The van der Waals surface area contributed by atoms with Gasteiger partial charge in [0.15, 0.2) is 0 Å². The van der Waals surface area contributed by atoms with Gasteiger partial charge < -0.3 is 19.4 Å². The molecule has 2 aliphatic carbocycles. The first kappa shape index (κ1) is 19.7. The number of rotatable bonds is 5. The maximum absolute atomic E-state index is 12.9. The first-order chi connectivity index (χ1) is 14.1. The molecule has 1 unspecified atom stereocenters. The number of imidazole rings is 1. The lowest BCUT2D eigenvalue weighted by molar-refractivity contribution is -0.118. The number of carbonyl (C=O) groups is 1. The monoisotopic (exact) mass is 395 g/mol. The fourth-order valence-corrected chi connectivity index (χ4v) is 4.54. The minimum Gasteiger partial charge on any atom is -0.497 e. The van der Waals surface area contributed by atoms with Crippen LogP contribution in [-0.2, 0) is 21.3 Å². The third kappa shape index (κ3) is 4.08. The molecule has 1 N–H and O–H groups in total. The molecule has 1 aromatic carbocycles. The van der Waals surface area contributed by atoms with Crippen LogP contribution in [0, 0.1) is 0 Å². The van der Waals surface area contributed by atoms with Gasteiger partial charge in [-0.1, -0.05) is 18.6 Å². The van der Waals surface area contributed by atoms with Gasteiger partial charge in [0.1, 0.15) is 11.6 Å². The Morgan fingerprint density at radius 2 is 2.07 bits per heavy atom. The average Bonchev–Trinajstić information content (AvgIpc) is 3.10. The molecule has 2 aromatic rings. The van der Waals surface area contributed by atoms with Crippen molar-refractivity contribution < 1.29 is 14.3 Å². The minimum absolute atomic E-state index is 0.0228. The zero-order valence-electron chi connectivity index (χ0n) is 17.4. The number of allylic oxidation sites excluding steroid dienone is 1. The summed E-state index contributed by atoms with van der Waals surface area (Å²) in [6, 6.07) is 8.39. The van der Waals surface area contributed by atoms with Crippen molar-refractivity contribution in [1.82, 2.24) is 14.9 Å². The standard InChI is InChI=1S/C23H29N3O3/c1-26-21-10-5-4-9-20(21)25-22(26)15-7-6-8-17(11-15)24-23(27)16-12-18(28-2)14-19(13-16)29-3/h4-5,9-10,12,14-15,17,19H,6-8,11,13H2,1-3H3,(H,24,27)/t15-,17+,19?/m0/s1. The van der Waals surface area contributed by atoms with E-state index in [1.165, 1.54) is 0 Å². The van der Waals surface area contributed by atoms with Crippen LogP contribution in [0.4, 0.5) is 0 Å². The number of aryl methyl sites for hydroxylation is 1. The number of ether oxygens (including phenoxy) is 2. The molecule has 1 fully saturated rings. The molecule has 154 valence electrons. The Labute approximate surface area is 171 Å². The predicted octanol–water partition coefficient (Wildman–Crippen LogP) is 3.59. The highest BCUT2D eigenvalue weighted by molar-refractivity contribution is 5.94. The SMILES string of the molecule is COC1=CC(OC)CC(C(=O)N[C@@H]2CCC[C@H](c3nc4ccccc4n3C)C2)=C1. The highest BCUT2D eigenvalue weighted by Gasteiger charge is 2.29. The number of carbonyl (C=O) groups excluding carboxylic acids is 1. The first-order valence-corrected chi connectivity index (χ1v) is 10.3. The lowest BCUT2D eigenvalue weighted by Gasteiger charge is -2.30. The molecule has 0 radical (unpaired) electrons. The van der Waals surface area contributed by atoms with Crippen LogP contribution in [0.5, 0.6) is 0 Å². The Bertz CT molecular complexity index is 959. The molecule has 0 aliphatic heterocycles. The van der Waals surface area contributed by atoms with Crippen LogP contribution in [0.2, 0.25) is 0 Å². The molecule has 2 aliphatic rings. The maximum Gasteiger partial charge on any atom is 0.247 e. The predicted molar refractivity (Wildman–Crippen MR) is 112 cm³/mol. The van der Waals surface area contributed by atoms with Gasteiger partial charge in [0.25, 0.3) is 0 Å². The van der Waals surface area contributed by atoms with E-state index in [0.29, 0.717) is 23.7 Å². The number of hydrogen-bond donors (Lipinski definition) is 1. The number of fused-ring (bicyclic) bond motifs is 1. The highest BCUT2D eigenvalue weighted by atomic mass is 16.5. The minimum atomic E-state index is -0.130. The second kappa shape index (κ2) is 8.41. The Hall–Kier alpha value is -2.60. The van der Waals surface area contributed by atoms with Crippen molar-refractivity contribution >= 4 is 16.9 Å². The second-order valence-electron chi connectivity index (χ2n) is 7.97. The molecular weight excluding hydrogens is 366 g/mol. The molecule has 0 spiro atoms. The summed E-state index contributed by atoms with van der Waals surface area (Å²) >= 11 is 0. The molecule has 6 heteroatoms. The zero-order chi connectivity index (χ0) is 20.4. The Balaban J connectivity index is 1.46. The van der Waals surface area contributed by atoms with Gasteiger partial charge in [0.05, 0.1) is 24.2 Å².